The van der Waals surface area contributed by atoms with Crippen LogP contribution in [0.2, 0.25) is 0 Å². The Labute approximate surface area is 223 Å². The SMILES string of the molecule is COc1cc(/C=C/C(=O)N(c2ccc(C)cc2)S(=O)(=O)c2ccc(C)cc2)ccc1OCc1ccccc1. The van der Waals surface area contributed by atoms with Gasteiger partial charge in [0, 0.05) is 6.08 Å². The Balaban J connectivity index is 1.60. The highest BCUT2D eigenvalue weighted by atomic mass is 32.2. The number of carbonyl (C=O) groups is 1. The summed E-state index contributed by atoms with van der Waals surface area (Å²) < 4.78 is 39.3. The minimum Gasteiger partial charge on any atom is -0.493 e. The van der Waals surface area contributed by atoms with Crippen molar-refractivity contribution in [2.45, 2.75) is 25.3 Å². The van der Waals surface area contributed by atoms with Gasteiger partial charge in [-0.2, -0.15) is 4.31 Å². The molecule has 0 saturated carbocycles. The van der Waals surface area contributed by atoms with Gasteiger partial charge in [0.1, 0.15) is 6.61 Å². The van der Waals surface area contributed by atoms with Gasteiger partial charge in [0.05, 0.1) is 17.7 Å². The fourth-order valence-corrected chi connectivity index (χ4v) is 5.15. The molecule has 0 saturated heterocycles. The van der Waals surface area contributed by atoms with Crippen molar-refractivity contribution in [1.82, 2.24) is 0 Å². The summed E-state index contributed by atoms with van der Waals surface area (Å²) in [5.74, 6) is 0.360. The van der Waals surface area contributed by atoms with E-state index >= 15 is 0 Å². The lowest BCUT2D eigenvalue weighted by atomic mass is 10.2. The van der Waals surface area contributed by atoms with Crippen LogP contribution in [0.3, 0.4) is 0 Å². The first-order chi connectivity index (χ1) is 18.3. The third-order valence-corrected chi connectivity index (χ3v) is 7.61. The summed E-state index contributed by atoms with van der Waals surface area (Å²) in [7, 11) is -2.61. The molecule has 0 atom stereocenters. The Hall–Kier alpha value is -4.36. The Morgan fingerprint density at radius 2 is 1.45 bits per heavy atom. The first-order valence-corrected chi connectivity index (χ1v) is 13.5. The van der Waals surface area contributed by atoms with Crippen molar-refractivity contribution in [3.8, 4) is 11.5 Å². The van der Waals surface area contributed by atoms with Gasteiger partial charge in [-0.1, -0.05) is 71.8 Å². The fraction of sp³-hybridized carbons (Fsp3) is 0.129. The van der Waals surface area contributed by atoms with Crippen molar-refractivity contribution in [2.24, 2.45) is 0 Å². The van der Waals surface area contributed by atoms with E-state index in [1.165, 1.54) is 25.3 Å². The highest BCUT2D eigenvalue weighted by Crippen LogP contribution is 2.30. The van der Waals surface area contributed by atoms with Gasteiger partial charge in [-0.15, -0.1) is 0 Å². The van der Waals surface area contributed by atoms with E-state index in [-0.39, 0.29) is 10.6 Å². The Morgan fingerprint density at radius 3 is 2.08 bits per heavy atom. The van der Waals surface area contributed by atoms with Crippen molar-refractivity contribution < 1.29 is 22.7 Å². The Kier molecular flexibility index (Phi) is 8.28. The first-order valence-electron chi connectivity index (χ1n) is 12.0. The molecule has 0 N–H and O–H groups in total. The van der Waals surface area contributed by atoms with E-state index in [0.717, 1.165) is 21.0 Å². The van der Waals surface area contributed by atoms with E-state index in [9.17, 15) is 13.2 Å². The smallest absolute Gasteiger partial charge is 0.271 e. The highest BCUT2D eigenvalue weighted by Gasteiger charge is 2.29. The quantitative estimate of drug-likeness (QED) is 0.238. The maximum Gasteiger partial charge on any atom is 0.271 e. The van der Waals surface area contributed by atoms with Crippen LogP contribution in [0.25, 0.3) is 6.08 Å². The fourth-order valence-electron chi connectivity index (χ4n) is 3.76. The maximum absolute atomic E-state index is 13.6. The summed E-state index contributed by atoms with van der Waals surface area (Å²) in [5, 5.41) is 0. The molecule has 4 aromatic rings. The van der Waals surface area contributed by atoms with E-state index in [4.69, 9.17) is 9.47 Å². The molecule has 0 aliphatic heterocycles. The molecule has 0 radical (unpaired) electrons. The number of hydrogen-bond donors (Lipinski definition) is 0. The minimum atomic E-state index is -4.15. The number of rotatable bonds is 9. The zero-order valence-electron chi connectivity index (χ0n) is 21.5. The monoisotopic (exact) mass is 527 g/mol. The molecule has 7 heteroatoms. The van der Waals surface area contributed by atoms with Crippen LogP contribution in [0.1, 0.15) is 22.3 Å². The third kappa shape index (κ3) is 6.30. The third-order valence-electron chi connectivity index (χ3n) is 5.87. The number of sulfonamides is 1. The Bertz CT molecular complexity index is 1530. The summed E-state index contributed by atoms with van der Waals surface area (Å²) in [6, 6.07) is 28.2. The molecule has 194 valence electrons. The number of aryl methyl sites for hydroxylation is 2. The molecular formula is C31H29NO5S. The zero-order valence-corrected chi connectivity index (χ0v) is 22.3. The van der Waals surface area contributed by atoms with Gasteiger partial charge in [-0.3, -0.25) is 4.79 Å². The minimum absolute atomic E-state index is 0.0343. The second kappa shape index (κ2) is 11.8. The molecule has 0 aromatic heterocycles. The van der Waals surface area contributed by atoms with E-state index in [1.807, 2.05) is 44.2 Å². The van der Waals surface area contributed by atoms with Crippen molar-refractivity contribution in [3.63, 3.8) is 0 Å². The molecule has 0 heterocycles. The molecule has 38 heavy (non-hydrogen) atoms. The molecule has 6 nitrogen and oxygen atoms in total. The molecule has 0 unspecified atom stereocenters. The first kappa shape index (κ1) is 26.7. The largest absolute Gasteiger partial charge is 0.493 e. The van der Waals surface area contributed by atoms with Crippen LogP contribution in [0.4, 0.5) is 5.69 Å². The molecule has 0 aliphatic rings. The standard InChI is InChI=1S/C31H29NO5S/c1-23-9-15-27(16-10-23)32(38(34,35)28-17-11-24(2)12-18-28)31(33)20-14-25-13-19-29(30(21-25)36-3)37-22-26-7-5-4-6-8-26/h4-21H,22H2,1-3H3/b20-14+. The van der Waals surface area contributed by atoms with E-state index < -0.39 is 15.9 Å². The van der Waals surface area contributed by atoms with Gasteiger partial charge in [0.2, 0.25) is 0 Å². The van der Waals surface area contributed by atoms with Crippen LogP contribution in [0.5, 0.6) is 11.5 Å². The number of benzene rings is 4. The lowest BCUT2D eigenvalue weighted by molar-refractivity contribution is -0.113. The topological polar surface area (TPSA) is 72.9 Å². The van der Waals surface area contributed by atoms with Gasteiger partial charge >= 0.3 is 0 Å². The van der Waals surface area contributed by atoms with Crippen molar-refractivity contribution >= 4 is 27.7 Å². The average Bonchev–Trinajstić information content (AvgIpc) is 2.93. The Morgan fingerprint density at radius 1 is 0.816 bits per heavy atom. The molecule has 0 spiro atoms. The number of hydrogen-bond acceptors (Lipinski definition) is 5. The number of anilines is 1. The number of methoxy groups -OCH3 is 1. The molecule has 0 bridgehead atoms. The van der Waals surface area contributed by atoms with E-state index in [0.29, 0.717) is 23.7 Å². The predicted molar refractivity (Wildman–Crippen MR) is 150 cm³/mol. The van der Waals surface area contributed by atoms with E-state index in [1.54, 1.807) is 60.7 Å². The zero-order chi connectivity index (χ0) is 27.1. The summed E-state index contributed by atoms with van der Waals surface area (Å²) >= 11 is 0. The molecule has 1 amide bonds. The van der Waals surface area contributed by atoms with E-state index in [2.05, 4.69) is 0 Å². The number of ether oxygens (including phenoxy) is 2. The molecule has 0 fully saturated rings. The summed E-state index contributed by atoms with van der Waals surface area (Å²) in [6.45, 7) is 4.15. The molecule has 4 rings (SSSR count). The normalized spacial score (nSPS) is 11.3. The second-order valence-corrected chi connectivity index (χ2v) is 10.6. The van der Waals surface area contributed by atoms with Gasteiger partial charge in [-0.25, -0.2) is 8.42 Å². The van der Waals surface area contributed by atoms with Crippen molar-refractivity contribution in [2.75, 3.05) is 11.4 Å². The summed E-state index contributed by atoms with van der Waals surface area (Å²) in [6.07, 6.45) is 2.79. The van der Waals surface area contributed by atoms with Crippen LogP contribution >= 0.6 is 0 Å². The highest BCUT2D eigenvalue weighted by molar-refractivity contribution is 7.93. The second-order valence-electron chi connectivity index (χ2n) is 8.77. The van der Waals surface area contributed by atoms with Gasteiger partial charge < -0.3 is 9.47 Å². The van der Waals surface area contributed by atoms with Crippen molar-refractivity contribution in [1.29, 1.82) is 0 Å². The maximum atomic E-state index is 13.6. The van der Waals surface area contributed by atoms with Gasteiger partial charge in [0.15, 0.2) is 11.5 Å². The van der Waals surface area contributed by atoms with Crippen LogP contribution in [-0.2, 0) is 21.4 Å². The molecular weight excluding hydrogens is 498 g/mol. The lowest BCUT2D eigenvalue weighted by Crippen LogP contribution is -2.35. The van der Waals surface area contributed by atoms with Crippen LogP contribution < -0.4 is 13.8 Å². The number of carbonyl (C=O) groups excluding carboxylic acids is 1. The summed E-state index contributed by atoms with van der Waals surface area (Å²) in [5.41, 5.74) is 3.80. The lowest BCUT2D eigenvalue weighted by Gasteiger charge is -2.21. The van der Waals surface area contributed by atoms with Crippen LogP contribution in [0.15, 0.2) is 108 Å². The van der Waals surface area contributed by atoms with Gasteiger partial charge in [-0.05, 0) is 67.4 Å². The predicted octanol–water partition coefficient (Wildman–Crippen LogP) is 6.33. The van der Waals surface area contributed by atoms with Gasteiger partial charge in [0.25, 0.3) is 15.9 Å². The van der Waals surface area contributed by atoms with Crippen molar-refractivity contribution in [3.05, 3.63) is 125 Å². The average molecular weight is 528 g/mol. The van der Waals surface area contributed by atoms with Crippen LogP contribution in [0, 0.1) is 13.8 Å². The number of nitrogens with zero attached hydrogens (tertiary/aromatic N) is 1. The summed E-state index contributed by atoms with van der Waals surface area (Å²) in [4.78, 5) is 13.4. The molecule has 4 aromatic carbocycles. The molecule has 0 aliphatic carbocycles. The van der Waals surface area contributed by atoms with Crippen LogP contribution in [-0.4, -0.2) is 21.4 Å². The number of amides is 1.